The van der Waals surface area contributed by atoms with Crippen molar-refractivity contribution in [2.24, 2.45) is 5.92 Å². The highest BCUT2D eigenvalue weighted by Crippen LogP contribution is 2.02. The molecule has 2 amide bonds. The molecule has 100 valence electrons. The second-order valence-corrected chi connectivity index (χ2v) is 4.83. The topological polar surface area (TPSA) is 58.2 Å². The zero-order chi connectivity index (χ0) is 13.1. The summed E-state index contributed by atoms with van der Waals surface area (Å²) in [6.45, 7) is 7.24. The molecule has 0 rings (SSSR count). The van der Waals surface area contributed by atoms with Gasteiger partial charge in [0.15, 0.2) is 0 Å². The van der Waals surface area contributed by atoms with Gasteiger partial charge in [-0.2, -0.15) is 0 Å². The van der Waals surface area contributed by atoms with Gasteiger partial charge in [0.1, 0.15) is 0 Å². The van der Waals surface area contributed by atoms with Gasteiger partial charge in [-0.3, -0.25) is 9.59 Å². The summed E-state index contributed by atoms with van der Waals surface area (Å²) in [6.07, 6.45) is 4.57. The Balaban J connectivity index is 3.22. The third-order valence-corrected chi connectivity index (χ3v) is 2.50. The highest BCUT2D eigenvalue weighted by Gasteiger charge is 2.02. The molecule has 0 aromatic heterocycles. The molecule has 0 aliphatic carbocycles. The molecule has 0 atom stereocenters. The third kappa shape index (κ3) is 12.9. The summed E-state index contributed by atoms with van der Waals surface area (Å²) in [5.41, 5.74) is 0. The smallest absolute Gasteiger partial charge is 0.220 e. The first kappa shape index (κ1) is 15.9. The van der Waals surface area contributed by atoms with Crippen LogP contribution < -0.4 is 10.6 Å². The van der Waals surface area contributed by atoms with Crippen LogP contribution in [0.2, 0.25) is 0 Å². The molecule has 0 aliphatic rings. The Bertz CT molecular complexity index is 227. The van der Waals surface area contributed by atoms with Gasteiger partial charge in [0.05, 0.1) is 0 Å². The maximum atomic E-state index is 11.4. The molecule has 0 heterocycles. The largest absolute Gasteiger partial charge is 0.356 e. The van der Waals surface area contributed by atoms with E-state index in [0.29, 0.717) is 12.3 Å². The summed E-state index contributed by atoms with van der Waals surface area (Å²) in [6, 6.07) is 0. The van der Waals surface area contributed by atoms with Crippen molar-refractivity contribution in [3.8, 4) is 0 Å². The summed E-state index contributed by atoms with van der Waals surface area (Å²) < 4.78 is 0. The first-order chi connectivity index (χ1) is 8.02. The molecular weight excluding hydrogens is 216 g/mol. The lowest BCUT2D eigenvalue weighted by Crippen LogP contribution is -2.25. The van der Waals surface area contributed by atoms with Crippen molar-refractivity contribution in [3.05, 3.63) is 0 Å². The van der Waals surface area contributed by atoms with Crippen LogP contribution in [0, 0.1) is 5.92 Å². The van der Waals surface area contributed by atoms with Gasteiger partial charge >= 0.3 is 0 Å². The van der Waals surface area contributed by atoms with Crippen molar-refractivity contribution in [2.75, 3.05) is 13.1 Å². The summed E-state index contributed by atoms with van der Waals surface area (Å²) >= 11 is 0. The number of hydrogen-bond donors (Lipinski definition) is 2. The van der Waals surface area contributed by atoms with E-state index in [4.69, 9.17) is 0 Å². The van der Waals surface area contributed by atoms with Crippen molar-refractivity contribution in [3.63, 3.8) is 0 Å². The zero-order valence-electron chi connectivity index (χ0n) is 11.3. The fourth-order valence-corrected chi connectivity index (χ4v) is 1.43. The predicted molar refractivity (Wildman–Crippen MR) is 69.6 cm³/mol. The van der Waals surface area contributed by atoms with Crippen LogP contribution in [0.1, 0.15) is 52.9 Å². The van der Waals surface area contributed by atoms with Gasteiger partial charge in [0.25, 0.3) is 0 Å². The molecule has 17 heavy (non-hydrogen) atoms. The van der Waals surface area contributed by atoms with Crippen LogP contribution in [0.25, 0.3) is 0 Å². The van der Waals surface area contributed by atoms with Crippen LogP contribution in [-0.2, 0) is 9.59 Å². The normalized spacial score (nSPS) is 10.4. The molecule has 4 heteroatoms. The summed E-state index contributed by atoms with van der Waals surface area (Å²) in [7, 11) is 0. The minimum atomic E-state index is 0.0204. The molecule has 0 saturated carbocycles. The Labute approximate surface area is 105 Å². The van der Waals surface area contributed by atoms with E-state index in [1.165, 1.54) is 6.92 Å². The standard InChI is InChI=1S/C13H26N2O2/c1-11(2)7-8-13(17)15-10-6-4-5-9-14-12(3)16/h11H,4-10H2,1-3H3,(H,14,16)(H,15,17). The van der Waals surface area contributed by atoms with Crippen LogP contribution in [0.15, 0.2) is 0 Å². The molecule has 0 unspecified atom stereocenters. The fraction of sp³-hybridized carbons (Fsp3) is 0.846. The van der Waals surface area contributed by atoms with E-state index in [9.17, 15) is 9.59 Å². The first-order valence-corrected chi connectivity index (χ1v) is 6.53. The lowest BCUT2D eigenvalue weighted by Gasteiger charge is -2.06. The Morgan fingerprint density at radius 2 is 1.59 bits per heavy atom. The summed E-state index contributed by atoms with van der Waals surface area (Å²) in [4.78, 5) is 21.9. The SMILES string of the molecule is CC(=O)NCCCCCNC(=O)CCC(C)C. The molecular formula is C13H26N2O2. The highest BCUT2D eigenvalue weighted by atomic mass is 16.2. The van der Waals surface area contributed by atoms with Crippen molar-refractivity contribution in [2.45, 2.75) is 52.9 Å². The predicted octanol–water partition coefficient (Wildman–Crippen LogP) is 1.85. The molecule has 0 fully saturated rings. The minimum absolute atomic E-state index is 0.0204. The van der Waals surface area contributed by atoms with Gasteiger partial charge in [0.2, 0.25) is 11.8 Å². The van der Waals surface area contributed by atoms with Crippen LogP contribution in [-0.4, -0.2) is 24.9 Å². The van der Waals surface area contributed by atoms with E-state index in [-0.39, 0.29) is 11.8 Å². The molecule has 0 radical (unpaired) electrons. The van der Waals surface area contributed by atoms with Crippen molar-refractivity contribution in [1.29, 1.82) is 0 Å². The van der Waals surface area contributed by atoms with Crippen LogP contribution in [0.4, 0.5) is 0 Å². The quantitative estimate of drug-likeness (QED) is 0.606. The Kier molecular flexibility index (Phi) is 9.49. The van der Waals surface area contributed by atoms with Crippen molar-refractivity contribution in [1.82, 2.24) is 10.6 Å². The summed E-state index contributed by atoms with van der Waals surface area (Å²) in [5.74, 6) is 0.756. The second-order valence-electron chi connectivity index (χ2n) is 4.83. The van der Waals surface area contributed by atoms with Crippen LogP contribution in [0.5, 0.6) is 0 Å². The van der Waals surface area contributed by atoms with Crippen LogP contribution in [0.3, 0.4) is 0 Å². The van der Waals surface area contributed by atoms with Gasteiger partial charge in [0, 0.05) is 26.4 Å². The van der Waals surface area contributed by atoms with Gasteiger partial charge in [-0.15, -0.1) is 0 Å². The second kappa shape index (κ2) is 10.1. The van der Waals surface area contributed by atoms with Crippen LogP contribution >= 0.6 is 0 Å². The Hall–Kier alpha value is -1.06. The molecule has 4 nitrogen and oxygen atoms in total. The van der Waals surface area contributed by atoms with Gasteiger partial charge < -0.3 is 10.6 Å². The average Bonchev–Trinajstić information content (AvgIpc) is 2.24. The molecule has 2 N–H and O–H groups in total. The van der Waals surface area contributed by atoms with E-state index >= 15 is 0 Å². The van der Waals surface area contributed by atoms with Crippen molar-refractivity contribution >= 4 is 11.8 Å². The molecule has 0 aromatic carbocycles. The van der Waals surface area contributed by atoms with E-state index in [1.807, 2.05) is 0 Å². The first-order valence-electron chi connectivity index (χ1n) is 6.53. The number of unbranched alkanes of at least 4 members (excludes halogenated alkanes) is 2. The van der Waals surface area contributed by atoms with E-state index in [0.717, 1.165) is 38.8 Å². The third-order valence-electron chi connectivity index (χ3n) is 2.50. The zero-order valence-corrected chi connectivity index (χ0v) is 11.3. The van der Waals surface area contributed by atoms with Gasteiger partial charge in [-0.1, -0.05) is 13.8 Å². The maximum Gasteiger partial charge on any atom is 0.220 e. The minimum Gasteiger partial charge on any atom is -0.356 e. The maximum absolute atomic E-state index is 11.4. The Morgan fingerprint density at radius 1 is 1.00 bits per heavy atom. The molecule has 0 spiro atoms. The summed E-state index contributed by atoms with van der Waals surface area (Å²) in [5, 5.41) is 5.66. The van der Waals surface area contributed by atoms with E-state index in [1.54, 1.807) is 0 Å². The lowest BCUT2D eigenvalue weighted by atomic mass is 10.1. The molecule has 0 bridgehead atoms. The number of carbonyl (C=O) groups is 2. The molecule has 0 aromatic rings. The van der Waals surface area contributed by atoms with Gasteiger partial charge in [-0.05, 0) is 31.6 Å². The number of nitrogens with one attached hydrogen (secondary N) is 2. The lowest BCUT2D eigenvalue weighted by molar-refractivity contribution is -0.121. The monoisotopic (exact) mass is 242 g/mol. The number of rotatable bonds is 9. The van der Waals surface area contributed by atoms with Gasteiger partial charge in [-0.25, -0.2) is 0 Å². The molecule has 0 saturated heterocycles. The Morgan fingerprint density at radius 3 is 2.12 bits per heavy atom. The van der Waals surface area contributed by atoms with E-state index in [2.05, 4.69) is 24.5 Å². The van der Waals surface area contributed by atoms with Crippen molar-refractivity contribution < 1.29 is 9.59 Å². The van der Waals surface area contributed by atoms with E-state index < -0.39 is 0 Å². The number of amides is 2. The average molecular weight is 242 g/mol. The number of hydrogen-bond acceptors (Lipinski definition) is 2. The fourth-order valence-electron chi connectivity index (χ4n) is 1.43. The number of carbonyl (C=O) groups excluding carboxylic acids is 2. The highest BCUT2D eigenvalue weighted by molar-refractivity contribution is 5.75. The molecule has 0 aliphatic heterocycles.